The molecule has 9 heteroatoms. The van der Waals surface area contributed by atoms with Gasteiger partial charge in [0.05, 0.1) is 24.4 Å². The van der Waals surface area contributed by atoms with Crippen LogP contribution in [-0.2, 0) is 18.2 Å². The molecule has 1 atom stereocenters. The molecule has 0 spiro atoms. The molecule has 3 aromatic rings. The van der Waals surface area contributed by atoms with Gasteiger partial charge in [0, 0.05) is 25.2 Å². The summed E-state index contributed by atoms with van der Waals surface area (Å²) in [7, 11) is 3.38. The van der Waals surface area contributed by atoms with Crippen molar-refractivity contribution in [1.82, 2.24) is 20.4 Å². The normalized spacial score (nSPS) is 12.2. The molecule has 8 nitrogen and oxygen atoms in total. The van der Waals surface area contributed by atoms with E-state index >= 15 is 0 Å². The second-order valence-electron chi connectivity index (χ2n) is 8.59. The Morgan fingerprint density at radius 1 is 1.18 bits per heavy atom. The molecule has 1 aromatic carbocycles. The summed E-state index contributed by atoms with van der Waals surface area (Å²) in [6.45, 7) is 5.63. The monoisotopic (exact) mass is 470 g/mol. The van der Waals surface area contributed by atoms with Gasteiger partial charge in [0.15, 0.2) is 5.75 Å². The highest BCUT2D eigenvalue weighted by Crippen LogP contribution is 2.38. The van der Waals surface area contributed by atoms with Crippen LogP contribution in [0.5, 0.6) is 5.75 Å². The highest BCUT2D eigenvalue weighted by molar-refractivity contribution is 7.13. The van der Waals surface area contributed by atoms with Crippen LogP contribution in [-0.4, -0.2) is 47.1 Å². The Labute approximate surface area is 197 Å². The van der Waals surface area contributed by atoms with E-state index in [9.17, 15) is 9.59 Å². The summed E-state index contributed by atoms with van der Waals surface area (Å²) in [5.74, 6) is 0.233. The molecule has 0 radical (unpaired) electrons. The second kappa shape index (κ2) is 10.5. The molecule has 1 unspecified atom stereocenters. The first-order chi connectivity index (χ1) is 15.7. The number of hydrogen-bond donors (Lipinski definition) is 2. The number of nitrogens with one attached hydrogen (secondary N) is 2. The number of hydrogen-bond acceptors (Lipinski definition) is 6. The van der Waals surface area contributed by atoms with E-state index in [1.807, 2.05) is 48.8 Å². The lowest BCUT2D eigenvalue weighted by Crippen LogP contribution is -2.46. The van der Waals surface area contributed by atoms with Crippen LogP contribution in [0.15, 0.2) is 48.0 Å². The number of ether oxygens (including phenoxy) is 2. The minimum atomic E-state index is -0.602. The third-order valence-electron chi connectivity index (χ3n) is 4.80. The van der Waals surface area contributed by atoms with Crippen molar-refractivity contribution in [3.8, 4) is 17.0 Å². The fourth-order valence-corrected chi connectivity index (χ4v) is 4.30. The van der Waals surface area contributed by atoms with Crippen LogP contribution < -0.4 is 15.4 Å². The molecule has 33 heavy (non-hydrogen) atoms. The molecule has 0 aliphatic heterocycles. The van der Waals surface area contributed by atoms with Crippen LogP contribution in [0.3, 0.4) is 0 Å². The summed E-state index contributed by atoms with van der Waals surface area (Å²) < 4.78 is 12.7. The second-order valence-corrected chi connectivity index (χ2v) is 9.47. The Hall–Kier alpha value is -3.33. The van der Waals surface area contributed by atoms with E-state index in [4.69, 9.17) is 9.47 Å². The van der Waals surface area contributed by atoms with Crippen molar-refractivity contribution in [1.29, 1.82) is 0 Å². The number of rotatable bonds is 8. The molecule has 2 aromatic heterocycles. The van der Waals surface area contributed by atoms with Gasteiger partial charge < -0.3 is 20.1 Å². The van der Waals surface area contributed by atoms with Gasteiger partial charge in [-0.3, -0.25) is 9.48 Å². The number of aromatic nitrogens is 2. The highest BCUT2D eigenvalue weighted by Gasteiger charge is 2.24. The maximum atomic E-state index is 13.2. The minimum Gasteiger partial charge on any atom is -0.494 e. The first-order valence-electron chi connectivity index (χ1n) is 10.6. The molecule has 0 aliphatic rings. The Kier molecular flexibility index (Phi) is 7.75. The average Bonchev–Trinajstić information content (AvgIpc) is 3.36. The van der Waals surface area contributed by atoms with E-state index in [2.05, 4.69) is 15.7 Å². The summed E-state index contributed by atoms with van der Waals surface area (Å²) in [5.41, 5.74) is 2.10. The molecule has 0 saturated carbocycles. The van der Waals surface area contributed by atoms with Gasteiger partial charge in [-0.05, 0) is 38.8 Å². The zero-order valence-corrected chi connectivity index (χ0v) is 20.4. The van der Waals surface area contributed by atoms with Crippen molar-refractivity contribution in [2.45, 2.75) is 38.8 Å². The minimum absolute atomic E-state index is 0.220. The quantitative estimate of drug-likeness (QED) is 0.519. The van der Waals surface area contributed by atoms with Crippen LogP contribution in [0.2, 0.25) is 0 Å². The number of aryl methyl sites for hydroxylation is 1. The van der Waals surface area contributed by atoms with Gasteiger partial charge in [-0.15, -0.1) is 11.3 Å². The number of carbonyl (C=O) groups is 2. The van der Waals surface area contributed by atoms with E-state index in [0.717, 1.165) is 16.8 Å². The summed E-state index contributed by atoms with van der Waals surface area (Å²) >= 11 is 1.31. The maximum Gasteiger partial charge on any atom is 0.407 e. The lowest BCUT2D eigenvalue weighted by atomic mass is 10.1. The van der Waals surface area contributed by atoms with Crippen molar-refractivity contribution in [3.05, 3.63) is 58.4 Å². The largest absolute Gasteiger partial charge is 0.494 e. The van der Waals surface area contributed by atoms with Crippen LogP contribution in [0.1, 0.15) is 36.0 Å². The van der Waals surface area contributed by atoms with Crippen LogP contribution in [0.25, 0.3) is 11.3 Å². The van der Waals surface area contributed by atoms with Gasteiger partial charge in [-0.1, -0.05) is 30.3 Å². The summed E-state index contributed by atoms with van der Waals surface area (Å²) in [4.78, 5) is 25.8. The molecular formula is C24H30N4O4S. The third-order valence-corrected chi connectivity index (χ3v) is 5.76. The molecule has 2 amide bonds. The van der Waals surface area contributed by atoms with Gasteiger partial charge in [-0.2, -0.15) is 5.10 Å². The smallest absolute Gasteiger partial charge is 0.407 e. The highest BCUT2D eigenvalue weighted by atomic mass is 32.1. The Morgan fingerprint density at radius 2 is 1.91 bits per heavy atom. The molecule has 2 heterocycles. The molecule has 2 N–H and O–H groups in total. The average molecular weight is 471 g/mol. The number of alkyl carbamates (subject to hydrolysis) is 1. The zero-order chi connectivity index (χ0) is 24.0. The van der Waals surface area contributed by atoms with Crippen molar-refractivity contribution in [3.63, 3.8) is 0 Å². The predicted octanol–water partition coefficient (Wildman–Crippen LogP) is 4.02. The first kappa shape index (κ1) is 24.3. The fraction of sp³-hybridized carbons (Fsp3) is 0.375. The molecular weight excluding hydrogens is 440 g/mol. The topological polar surface area (TPSA) is 94.5 Å². The van der Waals surface area contributed by atoms with E-state index < -0.39 is 11.7 Å². The fourth-order valence-electron chi connectivity index (χ4n) is 3.37. The van der Waals surface area contributed by atoms with Crippen LogP contribution >= 0.6 is 11.3 Å². The van der Waals surface area contributed by atoms with Gasteiger partial charge in [-0.25, -0.2) is 4.79 Å². The van der Waals surface area contributed by atoms with Crippen LogP contribution in [0, 0.1) is 0 Å². The number of amides is 2. The number of thiophene rings is 1. The summed E-state index contributed by atoms with van der Waals surface area (Å²) in [6, 6.07) is 11.3. The Morgan fingerprint density at radius 3 is 2.52 bits per heavy atom. The van der Waals surface area contributed by atoms with Crippen molar-refractivity contribution in [2.75, 3.05) is 13.7 Å². The SMILES string of the molecule is COc1c(-c2ccnn2C)csc1C(=O)NC(CNC(=O)OC(C)(C)C)Cc1ccccc1. The van der Waals surface area contributed by atoms with Gasteiger partial charge in [0.25, 0.3) is 5.91 Å². The van der Waals surface area contributed by atoms with Crippen molar-refractivity contribution in [2.24, 2.45) is 7.05 Å². The predicted molar refractivity (Wildman–Crippen MR) is 129 cm³/mol. The lowest BCUT2D eigenvalue weighted by Gasteiger charge is -2.23. The molecule has 0 aliphatic carbocycles. The molecule has 0 saturated heterocycles. The van der Waals surface area contributed by atoms with E-state index in [1.54, 1.807) is 38.8 Å². The zero-order valence-electron chi connectivity index (χ0n) is 19.5. The number of nitrogens with zero attached hydrogens (tertiary/aromatic N) is 2. The standard InChI is InChI=1S/C24H30N4O4S/c1-24(2,3)32-23(30)25-14-17(13-16-9-7-6-8-10-16)27-22(29)21-20(31-5)18(15-33-21)19-11-12-26-28(19)4/h6-12,15,17H,13-14H2,1-5H3,(H,25,30)(H,27,29). The Balaban J connectivity index is 1.77. The Bertz CT molecular complexity index is 1090. The number of carbonyl (C=O) groups excluding carboxylic acids is 2. The maximum absolute atomic E-state index is 13.2. The van der Waals surface area contributed by atoms with Gasteiger partial charge in [0.1, 0.15) is 10.5 Å². The van der Waals surface area contributed by atoms with Crippen molar-refractivity contribution < 1.29 is 19.1 Å². The summed E-state index contributed by atoms with van der Waals surface area (Å²) in [6.07, 6.45) is 1.72. The van der Waals surface area contributed by atoms with Gasteiger partial charge >= 0.3 is 6.09 Å². The van der Waals surface area contributed by atoms with E-state index in [-0.39, 0.29) is 18.5 Å². The number of methoxy groups -OCH3 is 1. The lowest BCUT2D eigenvalue weighted by molar-refractivity contribution is 0.0519. The first-order valence-corrected chi connectivity index (χ1v) is 11.5. The van der Waals surface area contributed by atoms with E-state index in [1.165, 1.54) is 11.3 Å². The molecule has 0 fully saturated rings. The van der Waals surface area contributed by atoms with E-state index in [0.29, 0.717) is 17.0 Å². The van der Waals surface area contributed by atoms with Crippen molar-refractivity contribution >= 4 is 23.3 Å². The van der Waals surface area contributed by atoms with Crippen LogP contribution in [0.4, 0.5) is 4.79 Å². The third kappa shape index (κ3) is 6.58. The molecule has 3 rings (SSSR count). The number of benzene rings is 1. The van der Waals surface area contributed by atoms with Gasteiger partial charge in [0.2, 0.25) is 0 Å². The molecule has 176 valence electrons. The summed E-state index contributed by atoms with van der Waals surface area (Å²) in [5, 5.41) is 11.9. The molecule has 0 bridgehead atoms.